The van der Waals surface area contributed by atoms with E-state index in [0.717, 1.165) is 6.42 Å². The van der Waals surface area contributed by atoms with Gasteiger partial charge >= 0.3 is 30.2 Å². The van der Waals surface area contributed by atoms with Gasteiger partial charge in [0.25, 0.3) is 0 Å². The van der Waals surface area contributed by atoms with E-state index < -0.39 is 17.1 Å². The molecule has 0 aliphatic heterocycles. The van der Waals surface area contributed by atoms with Crippen molar-refractivity contribution in [1.29, 1.82) is 0 Å². The first-order valence-electron chi connectivity index (χ1n) is 10.6. The molecule has 0 amide bonds. The Morgan fingerprint density at radius 3 is 2.15 bits per heavy atom. The zero-order valence-electron chi connectivity index (χ0n) is 21.7. The number of aryl methyl sites for hydroxylation is 1. The molecule has 3 aromatic rings. The maximum absolute atomic E-state index is 6.83. The molecule has 3 aromatic carbocycles. The van der Waals surface area contributed by atoms with Crippen molar-refractivity contribution in [3.05, 3.63) is 96.9 Å². The molecule has 0 saturated heterocycles. The number of rotatable bonds is 5. The van der Waals surface area contributed by atoms with E-state index in [9.17, 15) is 0 Å². The summed E-state index contributed by atoms with van der Waals surface area (Å²) in [6.07, 6.45) is 1.04. The fourth-order valence-corrected chi connectivity index (χ4v) is 6.98. The minimum atomic E-state index is -1.72. The summed E-state index contributed by atoms with van der Waals surface area (Å²) in [5, 5.41) is 4.28. The topological polar surface area (TPSA) is 9.23 Å². The Morgan fingerprint density at radius 1 is 0.971 bits per heavy atom. The van der Waals surface area contributed by atoms with Crippen molar-refractivity contribution in [1.82, 2.24) is 0 Å². The third-order valence-electron chi connectivity index (χ3n) is 5.61. The molecule has 34 heavy (non-hydrogen) atoms. The Bertz CT molecular complexity index is 1090. The van der Waals surface area contributed by atoms with Gasteiger partial charge in [-0.3, -0.25) is 0 Å². The van der Waals surface area contributed by atoms with Crippen LogP contribution in [0.2, 0.25) is 32.7 Å². The first-order valence-corrected chi connectivity index (χ1v) is 20.7. The van der Waals surface area contributed by atoms with Crippen molar-refractivity contribution in [2.75, 3.05) is 0 Å². The van der Waals surface area contributed by atoms with Gasteiger partial charge in [0.15, 0.2) is 0 Å². The quantitative estimate of drug-likeness (QED) is 0.204. The summed E-state index contributed by atoms with van der Waals surface area (Å²) < 4.78 is 6.83. The zero-order chi connectivity index (χ0) is 22.1. The second kappa shape index (κ2) is 15.1. The molecule has 1 aliphatic rings. The monoisotopic (exact) mass is 622 g/mol. The first-order chi connectivity index (χ1) is 14.3. The van der Waals surface area contributed by atoms with Crippen LogP contribution in [-0.2, 0) is 34.2 Å². The summed E-state index contributed by atoms with van der Waals surface area (Å²) in [5.41, 5.74) is 5.71. The van der Waals surface area contributed by atoms with Gasteiger partial charge in [-0.1, -0.05) is 44.3 Å². The summed E-state index contributed by atoms with van der Waals surface area (Å²) in [4.78, 5) is 0. The van der Waals surface area contributed by atoms with Crippen LogP contribution in [0.25, 0.3) is 16.5 Å². The normalized spacial score (nSPS) is 14.0. The fraction of sp³-hybridized carbons (Fsp3) is 0.296. The van der Waals surface area contributed by atoms with Gasteiger partial charge in [0.2, 0.25) is 8.32 Å². The van der Waals surface area contributed by atoms with Gasteiger partial charge < -0.3 is 19.3 Å². The summed E-state index contributed by atoms with van der Waals surface area (Å²) in [6.45, 7) is 17.1. The summed E-state index contributed by atoms with van der Waals surface area (Å²) in [5.74, 6) is 1.55. The molecule has 1 atom stereocenters. The van der Waals surface area contributed by atoms with Crippen molar-refractivity contribution < 1.29 is 27.8 Å². The third kappa shape index (κ3) is 7.14. The van der Waals surface area contributed by atoms with E-state index >= 15 is 0 Å². The van der Waals surface area contributed by atoms with Crippen LogP contribution in [0.1, 0.15) is 35.1 Å². The van der Waals surface area contributed by atoms with Crippen molar-refractivity contribution in [2.24, 2.45) is 0 Å². The van der Waals surface area contributed by atoms with E-state index in [-0.39, 0.29) is 39.7 Å². The average molecular weight is 625 g/mol. The van der Waals surface area contributed by atoms with Gasteiger partial charge in [-0.2, -0.15) is 6.07 Å². The molecule has 3 radical (unpaired) electrons. The van der Waals surface area contributed by atoms with Gasteiger partial charge in [-0.15, -0.1) is 65.4 Å². The van der Waals surface area contributed by atoms with Crippen LogP contribution in [0.3, 0.4) is 0 Å². The summed E-state index contributed by atoms with van der Waals surface area (Å²) in [6, 6.07) is 20.3. The van der Waals surface area contributed by atoms with Crippen LogP contribution < -0.4 is 0 Å². The van der Waals surface area contributed by atoms with Crippen LogP contribution in [0.5, 0.6) is 0 Å². The van der Waals surface area contributed by atoms with Gasteiger partial charge in [0, 0.05) is 5.56 Å². The second-order valence-corrected chi connectivity index (χ2v) is 16.0. The molecule has 1 aliphatic carbocycles. The molecule has 1 unspecified atom stereocenters. The van der Waals surface area contributed by atoms with Crippen molar-refractivity contribution in [2.45, 2.75) is 52.0 Å². The number of fused-ring (bicyclic) bond motifs is 2. The molecular formula is C27H38Cl2OSi3Zr-3. The Hall–Kier alpha value is -0.296. The van der Waals surface area contributed by atoms with E-state index in [1.54, 1.807) is 5.20 Å². The summed E-state index contributed by atoms with van der Waals surface area (Å²) in [7, 11) is -2.41. The van der Waals surface area contributed by atoms with Gasteiger partial charge in [-0.05, 0) is 48.3 Å². The molecule has 0 heterocycles. The number of benzene rings is 2. The predicted molar refractivity (Wildman–Crippen MR) is 159 cm³/mol. The molecule has 4 rings (SSSR count). The van der Waals surface area contributed by atoms with E-state index in [1.807, 2.05) is 0 Å². The second-order valence-electron chi connectivity index (χ2n) is 9.00. The van der Waals surface area contributed by atoms with Crippen molar-refractivity contribution >= 4 is 65.3 Å². The predicted octanol–water partition coefficient (Wildman–Crippen LogP) is 8.48. The van der Waals surface area contributed by atoms with Gasteiger partial charge in [-0.25, -0.2) is 0 Å². The van der Waals surface area contributed by atoms with Crippen molar-refractivity contribution in [3.63, 3.8) is 0 Å². The zero-order valence-corrected chi connectivity index (χ0v) is 28.8. The Labute approximate surface area is 240 Å². The van der Waals surface area contributed by atoms with Crippen LogP contribution in [0.15, 0.2) is 59.8 Å². The van der Waals surface area contributed by atoms with E-state index in [1.165, 1.54) is 62.1 Å². The average Bonchev–Trinajstić information content (AvgIpc) is 3.27. The Kier molecular flexibility index (Phi) is 15.9. The molecule has 7 heteroatoms. The molecule has 0 saturated carbocycles. The first kappa shape index (κ1) is 35.9. The molecule has 1 nitrogen and oxygen atoms in total. The number of hydrogen-bond donors (Lipinski definition) is 0. The maximum atomic E-state index is 6.83. The number of allylic oxidation sites excluding steroid dienone is 1. The summed E-state index contributed by atoms with van der Waals surface area (Å²) >= 11 is 1.36. The van der Waals surface area contributed by atoms with E-state index in [4.69, 9.17) is 4.43 Å². The van der Waals surface area contributed by atoms with Crippen LogP contribution in [0, 0.1) is 14.9 Å². The van der Waals surface area contributed by atoms with Crippen LogP contribution in [0.4, 0.5) is 0 Å². The molecule has 0 aromatic heterocycles. The SMILES string of the molecule is CCc1cccc2c1C(O[Si](C)(C)C)=C([Si](C)C)C2[c-]1ccc2ccccc21.Cl.Cl.[CH3-].[CH3-].[Si]=[Zr]. The number of halogens is 2. The molecule has 0 spiro atoms. The van der Waals surface area contributed by atoms with Gasteiger partial charge in [0.1, 0.15) is 5.76 Å². The standard InChI is InChI=1S/C25H30OSi2.2CH3.2ClH.Si.Zr/c1-7-17-12-10-14-21-22(17)24(26-28(4,5)6)25(27(2)3)23(21)20-16-15-18-11-8-9-13-19(18)20;;;;;;/h8-16,23H,7H2,1-6H3;2*1H3;2*1H;;/q3*-1;;;;. The van der Waals surface area contributed by atoms with Crippen LogP contribution >= 0.6 is 24.8 Å². The number of hydrogen-bond acceptors (Lipinski definition) is 1. The Morgan fingerprint density at radius 2 is 1.59 bits per heavy atom. The van der Waals surface area contributed by atoms with E-state index in [2.05, 4.69) is 101 Å². The molecule has 0 N–H and O–H groups in total. The van der Waals surface area contributed by atoms with Crippen LogP contribution in [-0.4, -0.2) is 24.0 Å². The fourth-order valence-electron chi connectivity index (χ4n) is 4.53. The molecule has 0 bridgehead atoms. The third-order valence-corrected chi connectivity index (χ3v) is 8.02. The molecular weight excluding hydrogens is 587 g/mol. The molecule has 0 fully saturated rings. The van der Waals surface area contributed by atoms with E-state index in [0.29, 0.717) is 5.92 Å². The minimum absolute atomic E-state index is 0. The van der Waals surface area contributed by atoms with Crippen molar-refractivity contribution in [3.8, 4) is 0 Å². The Balaban J connectivity index is 0. The molecule has 185 valence electrons. The van der Waals surface area contributed by atoms with Gasteiger partial charge in [0.05, 0.1) is 8.80 Å².